The fourth-order valence-electron chi connectivity index (χ4n) is 3.94. The molecule has 1 fully saturated rings. The third kappa shape index (κ3) is 4.56. The average molecular weight is 518 g/mol. The van der Waals surface area contributed by atoms with Gasteiger partial charge in [0.05, 0.1) is 26.2 Å². The Balaban J connectivity index is 1.36. The van der Waals surface area contributed by atoms with Crippen molar-refractivity contribution in [3.8, 4) is 10.6 Å². The number of hydrogen-bond acceptors (Lipinski definition) is 6. The van der Waals surface area contributed by atoms with Crippen molar-refractivity contribution in [1.82, 2.24) is 9.29 Å². The van der Waals surface area contributed by atoms with Gasteiger partial charge in [0.2, 0.25) is 5.91 Å². The number of thiophene rings is 1. The summed E-state index contributed by atoms with van der Waals surface area (Å²) in [7, 11) is -3.67. The summed E-state index contributed by atoms with van der Waals surface area (Å²) in [4.78, 5) is 17.9. The van der Waals surface area contributed by atoms with E-state index in [1.807, 2.05) is 48.5 Å². The minimum atomic E-state index is -3.67. The Labute approximate surface area is 204 Å². The zero-order chi connectivity index (χ0) is 23.0. The molecule has 1 aliphatic heterocycles. The van der Waals surface area contributed by atoms with Crippen molar-refractivity contribution >= 4 is 66.1 Å². The molecule has 0 radical (unpaired) electrons. The smallest absolute Gasteiger partial charge is 0.252 e. The van der Waals surface area contributed by atoms with Crippen LogP contribution in [0.15, 0.2) is 64.9 Å². The van der Waals surface area contributed by atoms with Gasteiger partial charge in [-0.1, -0.05) is 35.9 Å². The molecule has 2 aromatic carbocycles. The molecule has 1 unspecified atom stereocenters. The molecular formula is C23H20ClN3O3S3. The van der Waals surface area contributed by atoms with Gasteiger partial charge >= 0.3 is 0 Å². The van der Waals surface area contributed by atoms with Gasteiger partial charge in [0.15, 0.2) is 0 Å². The first-order valence-electron chi connectivity index (χ1n) is 10.4. The molecule has 1 atom stereocenters. The minimum absolute atomic E-state index is 0.146. The van der Waals surface area contributed by atoms with E-state index in [9.17, 15) is 13.2 Å². The lowest BCUT2D eigenvalue weighted by Gasteiger charge is -2.30. The fraction of sp³-hybridized carbons (Fsp3) is 0.217. The number of halogens is 1. The van der Waals surface area contributed by atoms with Crippen LogP contribution in [0.1, 0.15) is 12.8 Å². The van der Waals surface area contributed by atoms with Crippen molar-refractivity contribution in [2.24, 2.45) is 5.92 Å². The number of anilines is 1. The summed E-state index contributed by atoms with van der Waals surface area (Å²) in [5, 5.41) is 3.85. The SMILES string of the molecule is O=C(Nc1ccccc1-c1nc2ccccc2s1)C1CCCN(S(=O)(=O)c2ccc(Cl)s2)C1. The summed E-state index contributed by atoms with van der Waals surface area (Å²) in [6, 6.07) is 18.6. The number of carbonyl (C=O) groups is 1. The maximum atomic E-state index is 13.2. The Kier molecular flexibility index (Phi) is 6.24. The highest BCUT2D eigenvalue weighted by Gasteiger charge is 2.34. The number of aromatic nitrogens is 1. The van der Waals surface area contributed by atoms with Crippen molar-refractivity contribution in [3.05, 3.63) is 65.0 Å². The molecule has 0 spiro atoms. The second-order valence-corrected chi connectivity index (χ2v) is 12.7. The summed E-state index contributed by atoms with van der Waals surface area (Å²) in [6.45, 7) is 0.539. The van der Waals surface area contributed by atoms with Gasteiger partial charge < -0.3 is 5.32 Å². The molecule has 4 aromatic rings. The van der Waals surface area contributed by atoms with Gasteiger partial charge in [0.25, 0.3) is 10.0 Å². The molecule has 0 aliphatic carbocycles. The fourth-order valence-corrected chi connectivity index (χ4v) is 8.11. The second kappa shape index (κ2) is 9.15. The molecule has 0 saturated carbocycles. The number of rotatable bonds is 5. The number of piperidine rings is 1. The molecule has 1 amide bonds. The van der Waals surface area contributed by atoms with Gasteiger partial charge in [-0.05, 0) is 49.2 Å². The number of benzene rings is 2. The molecule has 170 valence electrons. The van der Waals surface area contributed by atoms with E-state index >= 15 is 0 Å². The Morgan fingerprint density at radius 3 is 2.64 bits per heavy atom. The van der Waals surface area contributed by atoms with E-state index in [4.69, 9.17) is 16.6 Å². The van der Waals surface area contributed by atoms with Crippen molar-refractivity contribution < 1.29 is 13.2 Å². The molecule has 0 bridgehead atoms. The van der Waals surface area contributed by atoms with Gasteiger partial charge in [-0.15, -0.1) is 22.7 Å². The summed E-state index contributed by atoms with van der Waals surface area (Å²) in [5.74, 6) is -0.625. The van der Waals surface area contributed by atoms with Crippen molar-refractivity contribution in [3.63, 3.8) is 0 Å². The maximum absolute atomic E-state index is 13.2. The number of thiazole rings is 1. The lowest BCUT2D eigenvalue weighted by molar-refractivity contribution is -0.120. The molecule has 1 N–H and O–H groups in total. The molecular weight excluding hydrogens is 498 g/mol. The summed E-state index contributed by atoms with van der Waals surface area (Å²) in [6.07, 6.45) is 1.25. The molecule has 5 rings (SSSR count). The van der Waals surface area contributed by atoms with E-state index in [-0.39, 0.29) is 16.7 Å². The van der Waals surface area contributed by atoms with Crippen molar-refractivity contribution in [2.45, 2.75) is 17.1 Å². The van der Waals surface area contributed by atoms with Gasteiger partial charge in [0.1, 0.15) is 9.22 Å². The first kappa shape index (κ1) is 22.5. The van der Waals surface area contributed by atoms with Gasteiger partial charge in [-0.2, -0.15) is 4.31 Å². The standard InChI is InChI=1S/C23H20ClN3O3S3/c24-20-11-12-21(32-20)33(29,30)27-13-5-6-15(14-27)22(28)25-17-8-2-1-7-16(17)23-26-18-9-3-4-10-19(18)31-23/h1-4,7-12,15H,5-6,13-14H2,(H,25,28). The summed E-state index contributed by atoms with van der Waals surface area (Å²) >= 11 is 8.54. The lowest BCUT2D eigenvalue weighted by atomic mass is 9.98. The predicted molar refractivity (Wildman–Crippen MR) is 134 cm³/mol. The molecule has 1 aliphatic rings. The number of nitrogens with zero attached hydrogens (tertiary/aromatic N) is 2. The summed E-state index contributed by atoms with van der Waals surface area (Å²) < 4.78 is 29.1. The van der Waals surface area contributed by atoms with Crippen LogP contribution in [0, 0.1) is 5.92 Å². The number of sulfonamides is 1. The zero-order valence-corrected chi connectivity index (χ0v) is 20.6. The number of nitrogens with one attached hydrogen (secondary N) is 1. The topological polar surface area (TPSA) is 79.4 Å². The number of para-hydroxylation sites is 2. The first-order chi connectivity index (χ1) is 15.9. The molecule has 2 aromatic heterocycles. The molecule has 33 heavy (non-hydrogen) atoms. The van der Waals surface area contributed by atoms with Crippen LogP contribution in [0.5, 0.6) is 0 Å². The van der Waals surface area contributed by atoms with Crippen LogP contribution in [0.25, 0.3) is 20.8 Å². The third-order valence-corrected chi connectivity index (χ3v) is 10.2. The third-order valence-electron chi connectivity index (χ3n) is 5.61. The van der Waals surface area contributed by atoms with Crippen LogP contribution in [-0.4, -0.2) is 36.7 Å². The van der Waals surface area contributed by atoms with E-state index < -0.39 is 15.9 Å². The normalized spacial score (nSPS) is 17.3. The molecule has 1 saturated heterocycles. The highest BCUT2D eigenvalue weighted by atomic mass is 35.5. The Bertz CT molecular complexity index is 1400. The minimum Gasteiger partial charge on any atom is -0.325 e. The molecule has 3 heterocycles. The maximum Gasteiger partial charge on any atom is 0.252 e. The Hall–Kier alpha value is -2.30. The van der Waals surface area contributed by atoms with Gasteiger partial charge in [0, 0.05) is 18.7 Å². The summed E-state index contributed by atoms with van der Waals surface area (Å²) in [5.41, 5.74) is 2.44. The second-order valence-electron chi connectivity index (χ2n) is 7.78. The predicted octanol–water partition coefficient (Wildman–Crippen LogP) is 5.72. The van der Waals surface area contributed by atoms with Crippen LogP contribution in [0.3, 0.4) is 0 Å². The Morgan fingerprint density at radius 1 is 1.06 bits per heavy atom. The van der Waals surface area contributed by atoms with Gasteiger partial charge in [-0.25, -0.2) is 13.4 Å². The highest BCUT2D eigenvalue weighted by molar-refractivity contribution is 7.91. The van der Waals surface area contributed by atoms with Crippen LogP contribution in [0.4, 0.5) is 5.69 Å². The van der Waals surface area contributed by atoms with E-state index in [1.54, 1.807) is 17.4 Å². The number of fused-ring (bicyclic) bond motifs is 1. The van der Waals surface area contributed by atoms with Crippen molar-refractivity contribution in [1.29, 1.82) is 0 Å². The van der Waals surface area contributed by atoms with Crippen LogP contribution >= 0.6 is 34.3 Å². The van der Waals surface area contributed by atoms with Crippen LogP contribution in [-0.2, 0) is 14.8 Å². The first-order valence-corrected chi connectivity index (χ1v) is 13.9. The monoisotopic (exact) mass is 517 g/mol. The van der Waals surface area contributed by atoms with E-state index in [2.05, 4.69) is 5.32 Å². The number of hydrogen-bond donors (Lipinski definition) is 1. The van der Waals surface area contributed by atoms with Crippen LogP contribution < -0.4 is 5.32 Å². The largest absolute Gasteiger partial charge is 0.325 e. The van der Waals surface area contributed by atoms with Crippen LogP contribution in [0.2, 0.25) is 4.34 Å². The van der Waals surface area contributed by atoms with Crippen molar-refractivity contribution in [2.75, 3.05) is 18.4 Å². The molecule has 10 heteroatoms. The Morgan fingerprint density at radius 2 is 1.85 bits per heavy atom. The average Bonchev–Trinajstić information content (AvgIpc) is 3.46. The van der Waals surface area contributed by atoms with Gasteiger partial charge in [-0.3, -0.25) is 4.79 Å². The van der Waals surface area contributed by atoms with E-state index in [1.165, 1.54) is 10.4 Å². The number of carbonyl (C=O) groups excluding carboxylic acids is 1. The van der Waals surface area contributed by atoms with E-state index in [0.29, 0.717) is 29.4 Å². The zero-order valence-electron chi connectivity index (χ0n) is 17.4. The molecule has 6 nitrogen and oxygen atoms in total. The van der Waals surface area contributed by atoms with E-state index in [0.717, 1.165) is 32.1 Å². The lowest BCUT2D eigenvalue weighted by Crippen LogP contribution is -2.43. The highest BCUT2D eigenvalue weighted by Crippen LogP contribution is 2.35. The quantitative estimate of drug-likeness (QED) is 0.367. The number of amides is 1.